The molecule has 0 aliphatic heterocycles. The van der Waals surface area contributed by atoms with Crippen LogP contribution in [-0.4, -0.2) is 12.6 Å². The van der Waals surface area contributed by atoms with Gasteiger partial charge in [-0.25, -0.2) is 0 Å². The van der Waals surface area contributed by atoms with Gasteiger partial charge in [-0.15, -0.1) is 0 Å². The third kappa shape index (κ3) is 4.33. The highest BCUT2D eigenvalue weighted by atomic mass is 16.5. The van der Waals surface area contributed by atoms with E-state index in [9.17, 15) is 0 Å². The summed E-state index contributed by atoms with van der Waals surface area (Å²) in [6, 6.07) is 8.76. The van der Waals surface area contributed by atoms with E-state index in [4.69, 9.17) is 10.5 Å². The van der Waals surface area contributed by atoms with Gasteiger partial charge in [0.1, 0.15) is 0 Å². The molecule has 0 aromatic heterocycles. The van der Waals surface area contributed by atoms with Crippen LogP contribution in [0, 0.1) is 0 Å². The summed E-state index contributed by atoms with van der Waals surface area (Å²) in [5.41, 5.74) is 8.36. The molecule has 1 unspecified atom stereocenters. The van der Waals surface area contributed by atoms with E-state index in [1.807, 2.05) is 0 Å². The zero-order valence-corrected chi connectivity index (χ0v) is 10.6. The molecule has 2 N–H and O–H groups in total. The fourth-order valence-corrected chi connectivity index (χ4v) is 1.44. The summed E-state index contributed by atoms with van der Waals surface area (Å²) in [4.78, 5) is 0. The Bertz CT molecular complexity index is 292. The highest BCUT2D eigenvalue weighted by Crippen LogP contribution is 2.15. The Hall–Kier alpha value is -0.860. The van der Waals surface area contributed by atoms with E-state index < -0.39 is 0 Å². The second-order valence-electron chi connectivity index (χ2n) is 4.58. The Morgan fingerprint density at radius 1 is 1.19 bits per heavy atom. The second kappa shape index (κ2) is 6.66. The van der Waals surface area contributed by atoms with Gasteiger partial charge in [0.05, 0.1) is 13.2 Å². The highest BCUT2D eigenvalue weighted by molar-refractivity contribution is 5.24. The first-order valence-electron chi connectivity index (χ1n) is 6.05. The van der Waals surface area contributed by atoms with E-state index in [1.54, 1.807) is 0 Å². The predicted molar refractivity (Wildman–Crippen MR) is 68.5 cm³/mol. The normalized spacial score (nSPS) is 13.1. The fraction of sp³-hybridized carbons (Fsp3) is 0.571. The van der Waals surface area contributed by atoms with Crippen LogP contribution in [0.15, 0.2) is 24.3 Å². The lowest BCUT2D eigenvalue weighted by molar-refractivity contribution is 0.107. The number of nitrogens with two attached hydrogens (primary N) is 1. The van der Waals surface area contributed by atoms with Crippen LogP contribution in [-0.2, 0) is 11.3 Å². The minimum Gasteiger partial charge on any atom is -0.375 e. The van der Waals surface area contributed by atoms with Crippen molar-refractivity contribution in [1.29, 1.82) is 0 Å². The SMILES string of the molecule is CCC(N)COCc1ccc(C(C)C)cc1. The Kier molecular flexibility index (Phi) is 5.50. The average molecular weight is 221 g/mol. The van der Waals surface area contributed by atoms with Crippen molar-refractivity contribution in [1.82, 2.24) is 0 Å². The molecule has 2 nitrogen and oxygen atoms in total. The standard InChI is InChI=1S/C14H23NO/c1-4-14(15)10-16-9-12-5-7-13(8-6-12)11(2)3/h5-8,11,14H,4,9-10,15H2,1-3H3. The molecule has 0 radical (unpaired) electrons. The van der Waals surface area contributed by atoms with Crippen LogP contribution in [0.25, 0.3) is 0 Å². The molecule has 16 heavy (non-hydrogen) atoms. The minimum atomic E-state index is 0.162. The predicted octanol–water partition coefficient (Wildman–Crippen LogP) is 3.06. The van der Waals surface area contributed by atoms with Crippen molar-refractivity contribution < 1.29 is 4.74 Å². The second-order valence-corrected chi connectivity index (χ2v) is 4.58. The zero-order valence-electron chi connectivity index (χ0n) is 10.6. The minimum absolute atomic E-state index is 0.162. The number of benzene rings is 1. The molecule has 0 aliphatic rings. The lowest BCUT2D eigenvalue weighted by atomic mass is 10.0. The van der Waals surface area contributed by atoms with E-state index in [-0.39, 0.29) is 6.04 Å². The molecule has 0 bridgehead atoms. The first kappa shape index (κ1) is 13.2. The molecule has 0 saturated heterocycles. The first-order valence-corrected chi connectivity index (χ1v) is 6.05. The van der Waals surface area contributed by atoms with E-state index in [2.05, 4.69) is 45.0 Å². The summed E-state index contributed by atoms with van der Waals surface area (Å²) in [6.07, 6.45) is 0.965. The van der Waals surface area contributed by atoms with E-state index in [0.717, 1.165) is 6.42 Å². The Morgan fingerprint density at radius 2 is 1.81 bits per heavy atom. The number of ether oxygens (including phenoxy) is 1. The molecule has 0 amide bonds. The molecule has 0 heterocycles. The van der Waals surface area contributed by atoms with Crippen LogP contribution in [0.5, 0.6) is 0 Å². The summed E-state index contributed by atoms with van der Waals surface area (Å²) in [6.45, 7) is 7.78. The average Bonchev–Trinajstić information content (AvgIpc) is 2.29. The highest BCUT2D eigenvalue weighted by Gasteiger charge is 2.01. The van der Waals surface area contributed by atoms with Crippen LogP contribution < -0.4 is 5.73 Å². The van der Waals surface area contributed by atoms with E-state index in [0.29, 0.717) is 19.1 Å². The molecule has 0 spiro atoms. The van der Waals surface area contributed by atoms with E-state index >= 15 is 0 Å². The summed E-state index contributed by atoms with van der Waals surface area (Å²) in [5, 5.41) is 0. The van der Waals surface area contributed by atoms with Gasteiger partial charge >= 0.3 is 0 Å². The molecule has 1 rings (SSSR count). The van der Waals surface area contributed by atoms with Gasteiger partial charge in [0.2, 0.25) is 0 Å². The van der Waals surface area contributed by atoms with E-state index in [1.165, 1.54) is 11.1 Å². The van der Waals surface area contributed by atoms with Crippen molar-refractivity contribution in [3.05, 3.63) is 35.4 Å². The van der Waals surface area contributed by atoms with Crippen LogP contribution >= 0.6 is 0 Å². The van der Waals surface area contributed by atoms with Crippen LogP contribution in [0.1, 0.15) is 44.2 Å². The number of hydrogen-bond donors (Lipinski definition) is 1. The maximum absolute atomic E-state index is 5.78. The van der Waals surface area contributed by atoms with Gasteiger partial charge in [-0.1, -0.05) is 45.0 Å². The molecular weight excluding hydrogens is 198 g/mol. The van der Waals surface area contributed by atoms with Gasteiger partial charge in [-0.3, -0.25) is 0 Å². The van der Waals surface area contributed by atoms with Crippen molar-refractivity contribution in [3.8, 4) is 0 Å². The molecular formula is C14H23NO. The molecule has 2 heteroatoms. The summed E-state index contributed by atoms with van der Waals surface area (Å²) < 4.78 is 5.55. The van der Waals surface area contributed by atoms with Crippen molar-refractivity contribution >= 4 is 0 Å². The fourth-order valence-electron chi connectivity index (χ4n) is 1.44. The Balaban J connectivity index is 2.38. The third-order valence-corrected chi connectivity index (χ3v) is 2.77. The Labute approximate surface area is 98.8 Å². The van der Waals surface area contributed by atoms with Crippen LogP contribution in [0.3, 0.4) is 0 Å². The van der Waals surface area contributed by atoms with Gasteiger partial charge in [-0.05, 0) is 23.5 Å². The molecule has 1 aromatic rings. The smallest absolute Gasteiger partial charge is 0.0717 e. The van der Waals surface area contributed by atoms with Crippen molar-refractivity contribution in [2.24, 2.45) is 5.73 Å². The summed E-state index contributed by atoms with van der Waals surface area (Å²) in [7, 11) is 0. The molecule has 0 saturated carbocycles. The van der Waals surface area contributed by atoms with Gasteiger partial charge in [0.25, 0.3) is 0 Å². The maximum Gasteiger partial charge on any atom is 0.0717 e. The third-order valence-electron chi connectivity index (χ3n) is 2.77. The first-order chi connectivity index (χ1) is 7.63. The quantitative estimate of drug-likeness (QED) is 0.801. The lowest BCUT2D eigenvalue weighted by Crippen LogP contribution is -2.24. The van der Waals surface area contributed by atoms with Gasteiger partial charge < -0.3 is 10.5 Å². The van der Waals surface area contributed by atoms with Gasteiger partial charge in [0.15, 0.2) is 0 Å². The maximum atomic E-state index is 5.78. The topological polar surface area (TPSA) is 35.2 Å². The molecule has 1 aromatic carbocycles. The largest absolute Gasteiger partial charge is 0.375 e. The lowest BCUT2D eigenvalue weighted by Gasteiger charge is -2.10. The molecule has 90 valence electrons. The van der Waals surface area contributed by atoms with Crippen molar-refractivity contribution in [3.63, 3.8) is 0 Å². The zero-order chi connectivity index (χ0) is 12.0. The monoisotopic (exact) mass is 221 g/mol. The van der Waals surface area contributed by atoms with Crippen LogP contribution in [0.2, 0.25) is 0 Å². The number of hydrogen-bond acceptors (Lipinski definition) is 2. The molecule has 0 fully saturated rings. The molecule has 1 atom stereocenters. The summed E-state index contributed by atoms with van der Waals surface area (Å²) in [5.74, 6) is 0.587. The van der Waals surface area contributed by atoms with Gasteiger partial charge in [-0.2, -0.15) is 0 Å². The van der Waals surface area contributed by atoms with Crippen molar-refractivity contribution in [2.45, 2.75) is 45.8 Å². The number of rotatable bonds is 6. The van der Waals surface area contributed by atoms with Gasteiger partial charge in [0, 0.05) is 6.04 Å². The Morgan fingerprint density at radius 3 is 2.31 bits per heavy atom. The molecule has 0 aliphatic carbocycles. The van der Waals surface area contributed by atoms with Crippen LogP contribution in [0.4, 0.5) is 0 Å². The van der Waals surface area contributed by atoms with Crippen molar-refractivity contribution in [2.75, 3.05) is 6.61 Å². The summed E-state index contributed by atoms with van der Waals surface area (Å²) >= 11 is 0.